The molecule has 1 aromatic heterocycles. The van der Waals surface area contributed by atoms with Gasteiger partial charge in [-0.3, -0.25) is 0 Å². The minimum atomic E-state index is 0.630. The summed E-state index contributed by atoms with van der Waals surface area (Å²) in [6.07, 6.45) is 4.23. The molecule has 0 radical (unpaired) electrons. The summed E-state index contributed by atoms with van der Waals surface area (Å²) in [6, 6.07) is 2.54. The molecule has 4 heteroatoms. The van der Waals surface area contributed by atoms with E-state index in [1.54, 1.807) is 6.26 Å². The molecule has 2 rings (SSSR count). The normalized spacial score (nSPS) is 27.8. The van der Waals surface area contributed by atoms with E-state index in [0.717, 1.165) is 17.5 Å². The summed E-state index contributed by atoms with van der Waals surface area (Å²) < 4.78 is 4.79. The van der Waals surface area contributed by atoms with Crippen molar-refractivity contribution in [1.82, 2.24) is 10.5 Å². The fourth-order valence-electron chi connectivity index (χ4n) is 1.76. The van der Waals surface area contributed by atoms with E-state index in [1.807, 2.05) is 6.07 Å². The third kappa shape index (κ3) is 2.51. The predicted molar refractivity (Wildman–Crippen MR) is 58.3 cm³/mol. The fraction of sp³-hybridized carbons (Fsp3) is 0.700. The van der Waals surface area contributed by atoms with E-state index in [4.69, 9.17) is 4.52 Å². The van der Waals surface area contributed by atoms with Gasteiger partial charge in [-0.05, 0) is 18.6 Å². The van der Waals surface area contributed by atoms with E-state index < -0.39 is 0 Å². The number of hydrogen-bond acceptors (Lipinski definition) is 4. The molecule has 0 bridgehead atoms. The molecule has 0 amide bonds. The van der Waals surface area contributed by atoms with Gasteiger partial charge in [-0.1, -0.05) is 12.1 Å². The Balaban J connectivity index is 1.79. The highest BCUT2D eigenvalue weighted by molar-refractivity contribution is 7.99. The Morgan fingerprint density at radius 3 is 3.36 bits per heavy atom. The Morgan fingerprint density at radius 1 is 1.71 bits per heavy atom. The quantitative estimate of drug-likeness (QED) is 0.832. The second-order valence-electron chi connectivity index (χ2n) is 3.70. The number of rotatable bonds is 3. The van der Waals surface area contributed by atoms with Gasteiger partial charge in [0.15, 0.2) is 0 Å². The van der Waals surface area contributed by atoms with Crippen molar-refractivity contribution in [3.05, 3.63) is 18.0 Å². The summed E-state index contributed by atoms with van der Waals surface area (Å²) >= 11 is 2.06. The molecule has 1 aliphatic heterocycles. The molecule has 3 nitrogen and oxygen atoms in total. The van der Waals surface area contributed by atoms with Crippen LogP contribution >= 0.6 is 11.8 Å². The Labute approximate surface area is 88.6 Å². The van der Waals surface area contributed by atoms with Gasteiger partial charge in [0.05, 0.1) is 5.69 Å². The third-order valence-electron chi connectivity index (χ3n) is 2.64. The molecule has 0 aliphatic carbocycles. The summed E-state index contributed by atoms with van der Waals surface area (Å²) in [5.41, 5.74) is 0.993. The molecule has 0 spiro atoms. The van der Waals surface area contributed by atoms with Gasteiger partial charge < -0.3 is 9.84 Å². The number of nitrogens with zero attached hydrogens (tertiary/aromatic N) is 1. The molecule has 1 aliphatic rings. The molecule has 0 aromatic carbocycles. The summed E-state index contributed by atoms with van der Waals surface area (Å²) in [6.45, 7) is 3.12. The topological polar surface area (TPSA) is 38.1 Å². The van der Waals surface area contributed by atoms with Crippen LogP contribution in [0, 0.1) is 0 Å². The first-order valence-electron chi connectivity index (χ1n) is 5.10. The highest BCUT2D eigenvalue weighted by atomic mass is 32.2. The van der Waals surface area contributed by atoms with Gasteiger partial charge in [0.2, 0.25) is 0 Å². The smallest absolute Gasteiger partial charge is 0.124 e. The van der Waals surface area contributed by atoms with Crippen molar-refractivity contribution in [1.29, 1.82) is 0 Å². The molecule has 1 N–H and O–H groups in total. The van der Waals surface area contributed by atoms with Crippen LogP contribution in [0.15, 0.2) is 16.9 Å². The molecule has 1 fully saturated rings. The van der Waals surface area contributed by atoms with Gasteiger partial charge in [-0.15, -0.1) is 0 Å². The molecule has 2 unspecified atom stereocenters. The van der Waals surface area contributed by atoms with Crippen LogP contribution in [0.3, 0.4) is 0 Å². The minimum absolute atomic E-state index is 0.630. The summed E-state index contributed by atoms with van der Waals surface area (Å²) in [5.74, 6) is 1.31. The molecule has 1 aromatic rings. The second-order valence-corrected chi connectivity index (χ2v) is 5.18. The molecule has 1 saturated heterocycles. The van der Waals surface area contributed by atoms with Crippen molar-refractivity contribution < 1.29 is 4.52 Å². The van der Waals surface area contributed by atoms with E-state index in [0.29, 0.717) is 6.04 Å². The van der Waals surface area contributed by atoms with Gasteiger partial charge >= 0.3 is 0 Å². The molecule has 14 heavy (non-hydrogen) atoms. The molecule has 2 heterocycles. The summed E-state index contributed by atoms with van der Waals surface area (Å²) in [5, 5.41) is 8.13. The van der Waals surface area contributed by atoms with Crippen molar-refractivity contribution in [3.8, 4) is 0 Å². The monoisotopic (exact) mass is 212 g/mol. The zero-order valence-corrected chi connectivity index (χ0v) is 9.22. The van der Waals surface area contributed by atoms with Gasteiger partial charge in [0.25, 0.3) is 0 Å². The van der Waals surface area contributed by atoms with Crippen LogP contribution in [0.1, 0.15) is 25.5 Å². The molecule has 78 valence electrons. The first kappa shape index (κ1) is 10.1. The van der Waals surface area contributed by atoms with Gasteiger partial charge in [0.1, 0.15) is 6.26 Å². The lowest BCUT2D eigenvalue weighted by Crippen LogP contribution is -2.38. The first-order chi connectivity index (χ1) is 6.86. The maximum atomic E-state index is 4.79. The minimum Gasteiger partial charge on any atom is -0.364 e. The highest BCUT2D eigenvalue weighted by Crippen LogP contribution is 2.25. The SMILES string of the molecule is CC1SCCCC1NCc1ccon1. The van der Waals surface area contributed by atoms with E-state index in [9.17, 15) is 0 Å². The Morgan fingerprint density at radius 2 is 2.64 bits per heavy atom. The lowest BCUT2D eigenvalue weighted by atomic mass is 10.1. The van der Waals surface area contributed by atoms with E-state index in [1.165, 1.54) is 18.6 Å². The largest absolute Gasteiger partial charge is 0.364 e. The fourth-order valence-corrected chi connectivity index (χ4v) is 2.93. The second kappa shape index (κ2) is 4.84. The lowest BCUT2D eigenvalue weighted by Gasteiger charge is -2.28. The Kier molecular flexibility index (Phi) is 3.48. The molecular weight excluding hydrogens is 196 g/mol. The number of nitrogens with one attached hydrogen (secondary N) is 1. The van der Waals surface area contributed by atoms with Crippen LogP contribution in [0.25, 0.3) is 0 Å². The summed E-state index contributed by atoms with van der Waals surface area (Å²) in [4.78, 5) is 0. The number of thioether (sulfide) groups is 1. The van der Waals surface area contributed by atoms with E-state index in [2.05, 4.69) is 29.2 Å². The van der Waals surface area contributed by atoms with Crippen LogP contribution in [-0.4, -0.2) is 22.2 Å². The van der Waals surface area contributed by atoms with Crippen LogP contribution in [0.5, 0.6) is 0 Å². The molecule has 2 atom stereocenters. The average molecular weight is 212 g/mol. The van der Waals surface area contributed by atoms with Crippen molar-refractivity contribution >= 4 is 11.8 Å². The maximum Gasteiger partial charge on any atom is 0.124 e. The van der Waals surface area contributed by atoms with Crippen molar-refractivity contribution in [2.75, 3.05) is 5.75 Å². The molecular formula is C10H16N2OS. The lowest BCUT2D eigenvalue weighted by molar-refractivity contribution is 0.399. The van der Waals surface area contributed by atoms with Gasteiger partial charge in [-0.25, -0.2) is 0 Å². The summed E-state index contributed by atoms with van der Waals surface area (Å²) in [7, 11) is 0. The van der Waals surface area contributed by atoms with Crippen LogP contribution in [-0.2, 0) is 6.54 Å². The highest BCUT2D eigenvalue weighted by Gasteiger charge is 2.21. The zero-order valence-electron chi connectivity index (χ0n) is 8.40. The third-order valence-corrected chi connectivity index (χ3v) is 4.02. The van der Waals surface area contributed by atoms with E-state index in [-0.39, 0.29) is 0 Å². The Hall–Kier alpha value is -0.480. The van der Waals surface area contributed by atoms with Crippen LogP contribution < -0.4 is 5.32 Å². The molecule has 0 saturated carbocycles. The predicted octanol–water partition coefficient (Wildman–Crippen LogP) is 2.05. The zero-order chi connectivity index (χ0) is 9.80. The maximum absolute atomic E-state index is 4.79. The first-order valence-corrected chi connectivity index (χ1v) is 6.15. The van der Waals surface area contributed by atoms with Gasteiger partial charge in [0, 0.05) is 23.9 Å². The standard InChI is InChI=1S/C10H16N2OS/c1-8-10(3-2-6-14-8)11-7-9-4-5-13-12-9/h4-5,8,10-11H,2-3,6-7H2,1H3. The van der Waals surface area contributed by atoms with Crippen LogP contribution in [0.2, 0.25) is 0 Å². The van der Waals surface area contributed by atoms with Crippen molar-refractivity contribution in [2.45, 2.75) is 37.6 Å². The van der Waals surface area contributed by atoms with Gasteiger partial charge in [-0.2, -0.15) is 11.8 Å². The van der Waals surface area contributed by atoms with E-state index >= 15 is 0 Å². The number of hydrogen-bond donors (Lipinski definition) is 1. The number of aromatic nitrogens is 1. The Bertz CT molecular complexity index is 263. The average Bonchev–Trinajstić information content (AvgIpc) is 2.69. The van der Waals surface area contributed by atoms with Crippen LogP contribution in [0.4, 0.5) is 0 Å². The van der Waals surface area contributed by atoms with Crippen molar-refractivity contribution in [2.24, 2.45) is 0 Å². The van der Waals surface area contributed by atoms with Crippen molar-refractivity contribution in [3.63, 3.8) is 0 Å².